The first-order chi connectivity index (χ1) is 16.5. The second-order valence-corrected chi connectivity index (χ2v) is 7.32. The Hall–Kier alpha value is -4.41. The molecule has 6 nitrogen and oxygen atoms in total. The molecule has 0 bridgehead atoms. The fraction of sp³-hybridized carbons (Fsp3) is 0.111. The Bertz CT molecular complexity index is 1340. The lowest BCUT2D eigenvalue weighted by Gasteiger charge is -2.19. The molecule has 0 saturated heterocycles. The van der Waals surface area contributed by atoms with Crippen molar-refractivity contribution in [1.82, 2.24) is 0 Å². The highest BCUT2D eigenvalue weighted by Gasteiger charge is 2.15. The summed E-state index contributed by atoms with van der Waals surface area (Å²) in [5, 5.41) is 2.76. The van der Waals surface area contributed by atoms with E-state index in [1.807, 2.05) is 0 Å². The number of esters is 1. The Morgan fingerprint density at radius 1 is 1.06 bits per heavy atom. The summed E-state index contributed by atoms with van der Waals surface area (Å²) >= 11 is 0. The van der Waals surface area contributed by atoms with E-state index >= 15 is 0 Å². The molecule has 3 aromatic carbocycles. The van der Waals surface area contributed by atoms with Gasteiger partial charge in [-0.25, -0.2) is 9.18 Å². The van der Waals surface area contributed by atoms with Crippen LogP contribution in [0.2, 0.25) is 0 Å². The van der Waals surface area contributed by atoms with E-state index in [-0.39, 0.29) is 19.3 Å². The number of anilines is 1. The Labute approximate surface area is 196 Å². The molecule has 0 saturated carbocycles. The van der Waals surface area contributed by atoms with Gasteiger partial charge in [-0.15, -0.1) is 0 Å². The summed E-state index contributed by atoms with van der Waals surface area (Å²) in [5.41, 5.74) is 3.36. The molecular weight excluding hydrogens is 437 g/mol. The van der Waals surface area contributed by atoms with E-state index < -0.39 is 11.8 Å². The zero-order valence-corrected chi connectivity index (χ0v) is 18.3. The van der Waals surface area contributed by atoms with Crippen LogP contribution in [-0.2, 0) is 20.9 Å². The summed E-state index contributed by atoms with van der Waals surface area (Å²) in [5.74, 6) is 5.27. The van der Waals surface area contributed by atoms with Crippen molar-refractivity contribution in [2.45, 2.75) is 6.61 Å². The first kappa shape index (κ1) is 22.8. The Morgan fingerprint density at radius 2 is 1.82 bits per heavy atom. The van der Waals surface area contributed by atoms with E-state index in [0.29, 0.717) is 39.3 Å². The van der Waals surface area contributed by atoms with Gasteiger partial charge in [0.25, 0.3) is 0 Å². The molecule has 3 aromatic rings. The molecule has 1 amide bonds. The Kier molecular flexibility index (Phi) is 7.01. The van der Waals surface area contributed by atoms with Crippen LogP contribution in [0.1, 0.15) is 32.6 Å². The molecule has 1 aliphatic rings. The third-order valence-corrected chi connectivity index (χ3v) is 4.88. The number of hydrogen-bond donors (Lipinski definition) is 1. The number of benzene rings is 3. The monoisotopic (exact) mass is 457 g/mol. The standard InChI is InChI=1S/C27H20FNO5/c1-32-27(31)21-6-2-4-18(12-21)8-9-19-5-3-7-24(13-19)29-25(30)11-10-20-14-23(28)15-22-16-33-17-34-26(20)22/h2-7,10-15H,16-17H2,1H3,(H,29,30). The zero-order valence-electron chi connectivity index (χ0n) is 18.3. The zero-order chi connectivity index (χ0) is 23.9. The van der Waals surface area contributed by atoms with Gasteiger partial charge in [0.15, 0.2) is 6.79 Å². The maximum atomic E-state index is 13.9. The predicted octanol–water partition coefficient (Wildman–Crippen LogP) is 4.53. The van der Waals surface area contributed by atoms with Gasteiger partial charge in [0.1, 0.15) is 11.6 Å². The van der Waals surface area contributed by atoms with Crippen molar-refractivity contribution in [3.63, 3.8) is 0 Å². The summed E-state index contributed by atoms with van der Waals surface area (Å²) in [6.45, 7) is 0.327. The highest BCUT2D eigenvalue weighted by Crippen LogP contribution is 2.30. The third kappa shape index (κ3) is 5.68. The second kappa shape index (κ2) is 10.5. The van der Waals surface area contributed by atoms with E-state index in [1.165, 1.54) is 31.4 Å². The van der Waals surface area contributed by atoms with Gasteiger partial charge in [-0.3, -0.25) is 4.79 Å². The van der Waals surface area contributed by atoms with E-state index in [1.54, 1.807) is 48.5 Å². The predicted molar refractivity (Wildman–Crippen MR) is 125 cm³/mol. The number of fused-ring (bicyclic) bond motifs is 1. The van der Waals surface area contributed by atoms with Crippen LogP contribution < -0.4 is 10.1 Å². The van der Waals surface area contributed by atoms with E-state index in [0.717, 1.165) is 0 Å². The van der Waals surface area contributed by atoms with Gasteiger partial charge in [0.05, 0.1) is 19.3 Å². The van der Waals surface area contributed by atoms with Gasteiger partial charge in [0, 0.05) is 34.0 Å². The Balaban J connectivity index is 1.46. The first-order valence-corrected chi connectivity index (χ1v) is 10.3. The van der Waals surface area contributed by atoms with Gasteiger partial charge in [0.2, 0.25) is 5.91 Å². The third-order valence-electron chi connectivity index (χ3n) is 4.88. The minimum absolute atomic E-state index is 0.0759. The minimum Gasteiger partial charge on any atom is -0.467 e. The van der Waals surface area contributed by atoms with E-state index in [2.05, 4.69) is 17.2 Å². The number of methoxy groups -OCH3 is 1. The van der Waals surface area contributed by atoms with E-state index in [9.17, 15) is 14.0 Å². The van der Waals surface area contributed by atoms with Crippen LogP contribution in [0.4, 0.5) is 10.1 Å². The van der Waals surface area contributed by atoms with Crippen molar-refractivity contribution in [2.24, 2.45) is 0 Å². The van der Waals surface area contributed by atoms with Crippen LogP contribution in [0.5, 0.6) is 5.75 Å². The highest BCUT2D eigenvalue weighted by molar-refractivity contribution is 6.02. The van der Waals surface area contributed by atoms with Crippen molar-refractivity contribution in [1.29, 1.82) is 0 Å². The molecule has 170 valence electrons. The molecule has 0 unspecified atom stereocenters. The lowest BCUT2D eigenvalue weighted by atomic mass is 10.1. The van der Waals surface area contributed by atoms with Gasteiger partial charge >= 0.3 is 5.97 Å². The molecular formula is C27H20FNO5. The van der Waals surface area contributed by atoms with Crippen molar-refractivity contribution in [3.8, 4) is 17.6 Å². The minimum atomic E-state index is -0.434. The number of carbonyl (C=O) groups is 2. The molecule has 7 heteroatoms. The fourth-order valence-electron chi connectivity index (χ4n) is 3.34. The van der Waals surface area contributed by atoms with Crippen molar-refractivity contribution >= 4 is 23.6 Å². The lowest BCUT2D eigenvalue weighted by molar-refractivity contribution is -0.111. The highest BCUT2D eigenvalue weighted by atomic mass is 19.1. The normalized spacial score (nSPS) is 12.2. The van der Waals surface area contributed by atoms with Crippen LogP contribution in [0.25, 0.3) is 6.08 Å². The van der Waals surface area contributed by atoms with Crippen LogP contribution in [0.15, 0.2) is 66.7 Å². The second-order valence-electron chi connectivity index (χ2n) is 7.32. The number of carbonyl (C=O) groups excluding carboxylic acids is 2. The number of ether oxygens (including phenoxy) is 3. The van der Waals surface area contributed by atoms with Gasteiger partial charge in [-0.05, 0) is 54.6 Å². The largest absolute Gasteiger partial charge is 0.467 e. The molecule has 1 aliphatic heterocycles. The van der Waals surface area contributed by atoms with Crippen molar-refractivity contribution < 1.29 is 28.2 Å². The Morgan fingerprint density at radius 3 is 2.62 bits per heavy atom. The van der Waals surface area contributed by atoms with Crippen LogP contribution >= 0.6 is 0 Å². The maximum absolute atomic E-state index is 13.9. The topological polar surface area (TPSA) is 73.9 Å². The van der Waals surface area contributed by atoms with Gasteiger partial charge in [-0.1, -0.05) is 24.0 Å². The molecule has 34 heavy (non-hydrogen) atoms. The molecule has 0 radical (unpaired) electrons. The maximum Gasteiger partial charge on any atom is 0.337 e. The molecule has 1 heterocycles. The molecule has 0 aliphatic carbocycles. The fourth-order valence-corrected chi connectivity index (χ4v) is 3.34. The molecule has 0 fully saturated rings. The van der Waals surface area contributed by atoms with Crippen LogP contribution in [0, 0.1) is 17.7 Å². The molecule has 0 atom stereocenters. The molecule has 4 rings (SSSR count). The van der Waals surface area contributed by atoms with Crippen LogP contribution in [0.3, 0.4) is 0 Å². The summed E-state index contributed by atoms with van der Waals surface area (Å²) < 4.78 is 29.2. The average Bonchev–Trinajstić information content (AvgIpc) is 2.86. The van der Waals surface area contributed by atoms with Gasteiger partial charge in [-0.2, -0.15) is 0 Å². The molecule has 0 spiro atoms. The average molecular weight is 457 g/mol. The van der Waals surface area contributed by atoms with Crippen molar-refractivity contribution in [3.05, 3.63) is 100 Å². The SMILES string of the molecule is COC(=O)c1cccc(C#Cc2cccc(NC(=O)C=Cc3cc(F)cc4c3OCOC4)c2)c1. The van der Waals surface area contributed by atoms with Gasteiger partial charge < -0.3 is 19.5 Å². The lowest BCUT2D eigenvalue weighted by Crippen LogP contribution is -2.13. The summed E-state index contributed by atoms with van der Waals surface area (Å²) in [4.78, 5) is 24.1. The number of halogens is 1. The summed E-state index contributed by atoms with van der Waals surface area (Å²) in [7, 11) is 1.32. The van der Waals surface area contributed by atoms with Crippen molar-refractivity contribution in [2.75, 3.05) is 19.2 Å². The number of rotatable bonds is 4. The number of nitrogens with one attached hydrogen (secondary N) is 1. The molecule has 0 aromatic heterocycles. The molecule has 1 N–H and O–H groups in total. The first-order valence-electron chi connectivity index (χ1n) is 10.3. The summed E-state index contributed by atoms with van der Waals surface area (Å²) in [6, 6.07) is 16.5. The van der Waals surface area contributed by atoms with E-state index in [4.69, 9.17) is 14.2 Å². The number of hydrogen-bond acceptors (Lipinski definition) is 5. The quantitative estimate of drug-likeness (QED) is 0.354. The smallest absolute Gasteiger partial charge is 0.337 e. The summed E-state index contributed by atoms with van der Waals surface area (Å²) in [6.07, 6.45) is 2.81. The number of amides is 1. The van der Waals surface area contributed by atoms with Crippen LogP contribution in [-0.4, -0.2) is 25.8 Å².